The minimum atomic E-state index is -0.527. The number of aromatic nitrogens is 3. The van der Waals surface area contributed by atoms with E-state index in [1.165, 1.54) is 0 Å². The van der Waals surface area contributed by atoms with Crippen LogP contribution in [0.15, 0.2) is 0 Å². The Balaban J connectivity index is 1.49. The van der Waals surface area contributed by atoms with Crippen molar-refractivity contribution in [3.8, 4) is 0 Å². The van der Waals surface area contributed by atoms with Crippen LogP contribution in [0.3, 0.4) is 0 Å². The number of esters is 1. The molecule has 0 bridgehead atoms. The quantitative estimate of drug-likeness (QED) is 0.652. The van der Waals surface area contributed by atoms with Crippen LogP contribution in [0.5, 0.6) is 0 Å². The molecular formula is C16H24N4O3. The lowest BCUT2D eigenvalue weighted by Crippen LogP contribution is -2.43. The monoisotopic (exact) mass is 320 g/mol. The number of rotatable bonds is 5. The van der Waals surface area contributed by atoms with E-state index in [1.54, 1.807) is 0 Å². The van der Waals surface area contributed by atoms with Crippen LogP contribution in [-0.4, -0.2) is 38.8 Å². The molecule has 1 aromatic rings. The Bertz CT molecular complexity index is 604. The van der Waals surface area contributed by atoms with Gasteiger partial charge < -0.3 is 10.1 Å². The molecule has 1 amide bonds. The van der Waals surface area contributed by atoms with Crippen molar-refractivity contribution in [2.24, 2.45) is 5.92 Å². The number of amides is 1. The Morgan fingerprint density at radius 2 is 2.13 bits per heavy atom. The lowest BCUT2D eigenvalue weighted by atomic mass is 9.85. The van der Waals surface area contributed by atoms with Gasteiger partial charge in [0.15, 0.2) is 0 Å². The highest BCUT2D eigenvalue weighted by molar-refractivity contribution is 5.87. The van der Waals surface area contributed by atoms with Gasteiger partial charge in [0.25, 0.3) is 0 Å². The summed E-state index contributed by atoms with van der Waals surface area (Å²) < 4.78 is 7.36. The van der Waals surface area contributed by atoms with Gasteiger partial charge in [-0.3, -0.25) is 14.3 Å². The van der Waals surface area contributed by atoms with Crippen LogP contribution in [-0.2, 0) is 20.9 Å². The molecule has 0 radical (unpaired) electrons. The third kappa shape index (κ3) is 3.23. The molecule has 2 aliphatic rings. The van der Waals surface area contributed by atoms with Gasteiger partial charge in [-0.05, 0) is 46.0 Å². The van der Waals surface area contributed by atoms with Crippen molar-refractivity contribution >= 4 is 11.9 Å². The molecule has 0 aromatic carbocycles. The molecular weight excluding hydrogens is 296 g/mol. The summed E-state index contributed by atoms with van der Waals surface area (Å²) in [5.41, 5.74) is -0.527. The highest BCUT2D eigenvalue weighted by Crippen LogP contribution is 2.45. The number of nitrogens with one attached hydrogen (secondary N) is 1. The van der Waals surface area contributed by atoms with Crippen LogP contribution in [0.2, 0.25) is 0 Å². The van der Waals surface area contributed by atoms with Crippen molar-refractivity contribution in [2.75, 3.05) is 6.54 Å². The highest BCUT2D eigenvalue weighted by atomic mass is 16.6. The molecule has 1 aromatic heterocycles. The summed E-state index contributed by atoms with van der Waals surface area (Å²) in [6, 6.07) is 0. The number of hydrogen-bond donors (Lipinski definition) is 1. The summed E-state index contributed by atoms with van der Waals surface area (Å²) in [6.07, 6.45) is 4.68. The predicted molar refractivity (Wildman–Crippen MR) is 82.5 cm³/mol. The second-order valence-electron chi connectivity index (χ2n) is 6.58. The van der Waals surface area contributed by atoms with Crippen LogP contribution in [0, 0.1) is 19.8 Å². The molecule has 1 aliphatic carbocycles. The van der Waals surface area contributed by atoms with Gasteiger partial charge in [-0.15, -0.1) is 0 Å². The van der Waals surface area contributed by atoms with Crippen LogP contribution in [0.1, 0.15) is 50.2 Å². The third-order valence-corrected chi connectivity index (χ3v) is 4.90. The summed E-state index contributed by atoms with van der Waals surface area (Å²) in [4.78, 5) is 28.4. The average Bonchev–Trinajstić information content (AvgIpc) is 3.17. The van der Waals surface area contributed by atoms with Gasteiger partial charge >= 0.3 is 5.97 Å². The van der Waals surface area contributed by atoms with E-state index in [2.05, 4.69) is 15.4 Å². The smallest absolute Gasteiger partial charge is 0.307 e. The van der Waals surface area contributed by atoms with Crippen molar-refractivity contribution in [2.45, 2.75) is 64.5 Å². The second-order valence-corrected chi connectivity index (χ2v) is 6.58. The van der Waals surface area contributed by atoms with Gasteiger partial charge in [-0.2, -0.15) is 5.10 Å². The first-order valence-electron chi connectivity index (χ1n) is 8.38. The molecule has 1 saturated heterocycles. The highest BCUT2D eigenvalue weighted by Gasteiger charge is 2.53. The summed E-state index contributed by atoms with van der Waals surface area (Å²) in [6.45, 7) is 5.07. The molecule has 2 heterocycles. The van der Waals surface area contributed by atoms with Gasteiger partial charge in [0.2, 0.25) is 5.91 Å². The van der Waals surface area contributed by atoms with Gasteiger partial charge in [0.05, 0.1) is 12.3 Å². The maximum atomic E-state index is 12.5. The van der Waals surface area contributed by atoms with Crippen molar-refractivity contribution in [3.05, 3.63) is 11.6 Å². The van der Waals surface area contributed by atoms with E-state index in [1.807, 2.05) is 18.5 Å². The zero-order valence-corrected chi connectivity index (χ0v) is 13.8. The van der Waals surface area contributed by atoms with Crippen LogP contribution < -0.4 is 5.32 Å². The zero-order valence-electron chi connectivity index (χ0n) is 13.8. The summed E-state index contributed by atoms with van der Waals surface area (Å²) in [5, 5.41) is 7.26. The van der Waals surface area contributed by atoms with E-state index in [9.17, 15) is 9.59 Å². The largest absolute Gasteiger partial charge is 0.458 e. The molecule has 126 valence electrons. The van der Waals surface area contributed by atoms with E-state index in [4.69, 9.17) is 4.74 Å². The Morgan fingerprint density at radius 3 is 2.78 bits per heavy atom. The van der Waals surface area contributed by atoms with E-state index in [0.717, 1.165) is 50.3 Å². The SMILES string of the molecule is Cc1nc(C)n(CCCNC(=O)C2CC(=O)OC23CCCC3)n1. The topological polar surface area (TPSA) is 86.1 Å². The molecule has 1 aliphatic heterocycles. The number of hydrogen-bond acceptors (Lipinski definition) is 5. The fraction of sp³-hybridized carbons (Fsp3) is 0.750. The van der Waals surface area contributed by atoms with E-state index in [0.29, 0.717) is 6.54 Å². The van der Waals surface area contributed by atoms with Gasteiger partial charge in [0, 0.05) is 13.1 Å². The molecule has 1 N–H and O–H groups in total. The fourth-order valence-corrected chi connectivity index (χ4v) is 3.78. The number of carbonyl (C=O) groups excluding carboxylic acids is 2. The lowest BCUT2D eigenvalue weighted by Gasteiger charge is -2.27. The van der Waals surface area contributed by atoms with Gasteiger partial charge in [0.1, 0.15) is 17.2 Å². The molecule has 23 heavy (non-hydrogen) atoms. The number of carbonyl (C=O) groups is 2. The maximum absolute atomic E-state index is 12.5. The first-order chi connectivity index (χ1) is 11.0. The number of ether oxygens (including phenoxy) is 1. The zero-order chi connectivity index (χ0) is 16.4. The summed E-state index contributed by atoms with van der Waals surface area (Å²) >= 11 is 0. The second kappa shape index (κ2) is 6.29. The lowest BCUT2D eigenvalue weighted by molar-refractivity contribution is -0.149. The minimum absolute atomic E-state index is 0.0516. The summed E-state index contributed by atoms with van der Waals surface area (Å²) in [7, 11) is 0. The van der Waals surface area contributed by atoms with Crippen LogP contribution in [0.25, 0.3) is 0 Å². The molecule has 7 nitrogen and oxygen atoms in total. The Hall–Kier alpha value is -1.92. The van der Waals surface area contributed by atoms with Crippen molar-refractivity contribution < 1.29 is 14.3 Å². The van der Waals surface area contributed by atoms with Crippen LogP contribution >= 0.6 is 0 Å². The molecule has 1 spiro atoms. The minimum Gasteiger partial charge on any atom is -0.458 e. The number of nitrogens with zero attached hydrogens (tertiary/aromatic N) is 3. The average molecular weight is 320 g/mol. The molecule has 1 atom stereocenters. The van der Waals surface area contributed by atoms with Crippen LogP contribution in [0.4, 0.5) is 0 Å². The van der Waals surface area contributed by atoms with Gasteiger partial charge in [-0.25, -0.2) is 4.98 Å². The molecule has 7 heteroatoms. The third-order valence-electron chi connectivity index (χ3n) is 4.90. The maximum Gasteiger partial charge on any atom is 0.307 e. The van der Waals surface area contributed by atoms with Crippen molar-refractivity contribution in [3.63, 3.8) is 0 Å². The molecule has 3 rings (SSSR count). The van der Waals surface area contributed by atoms with E-state index in [-0.39, 0.29) is 24.2 Å². The predicted octanol–water partition coefficient (Wildman–Crippen LogP) is 1.28. The first kappa shape index (κ1) is 16.0. The normalized spacial score (nSPS) is 22.5. The molecule has 1 saturated carbocycles. The van der Waals surface area contributed by atoms with Gasteiger partial charge in [-0.1, -0.05) is 0 Å². The molecule has 2 fully saturated rings. The fourth-order valence-electron chi connectivity index (χ4n) is 3.78. The van der Waals surface area contributed by atoms with E-state index < -0.39 is 5.60 Å². The standard InChI is InChI=1S/C16H24N4O3/c1-11-18-12(2)20(19-11)9-5-8-17-15(22)13-10-14(21)23-16(13)6-3-4-7-16/h13H,3-10H2,1-2H3,(H,17,22). The van der Waals surface area contributed by atoms with Crippen molar-refractivity contribution in [1.82, 2.24) is 20.1 Å². The summed E-state index contributed by atoms with van der Waals surface area (Å²) in [5.74, 6) is 1.03. The Labute approximate surface area is 135 Å². The Kier molecular flexibility index (Phi) is 4.37. The number of aryl methyl sites for hydroxylation is 3. The molecule has 1 unspecified atom stereocenters. The van der Waals surface area contributed by atoms with E-state index >= 15 is 0 Å². The first-order valence-corrected chi connectivity index (χ1v) is 8.38. The Morgan fingerprint density at radius 1 is 1.39 bits per heavy atom. The van der Waals surface area contributed by atoms with Crippen molar-refractivity contribution in [1.29, 1.82) is 0 Å².